The van der Waals surface area contributed by atoms with Crippen LogP contribution in [0.2, 0.25) is 0 Å². The van der Waals surface area contributed by atoms with Crippen LogP contribution < -0.4 is 5.32 Å². The molecule has 16 heavy (non-hydrogen) atoms. The fraction of sp³-hybridized carbons (Fsp3) is 0.833. The molecule has 4 nitrogen and oxygen atoms in total. The van der Waals surface area contributed by atoms with E-state index in [0.717, 1.165) is 5.84 Å². The van der Waals surface area contributed by atoms with Gasteiger partial charge in [-0.3, -0.25) is 10.3 Å². The summed E-state index contributed by atoms with van der Waals surface area (Å²) in [6.07, 6.45) is -0.0414. The Balaban J connectivity index is 2.83. The van der Waals surface area contributed by atoms with E-state index in [1.165, 1.54) is 0 Å². The molecule has 0 aromatic rings. The molecule has 4 heteroatoms. The van der Waals surface area contributed by atoms with Crippen LogP contribution >= 0.6 is 0 Å². The number of amidine groups is 2. The van der Waals surface area contributed by atoms with Crippen LogP contribution in [0.15, 0.2) is 9.98 Å². The largest absolute Gasteiger partial charge is 0.454 e. The number of hydrogen-bond acceptors (Lipinski definition) is 3. The molecule has 1 rings (SSSR count). The van der Waals surface area contributed by atoms with E-state index >= 15 is 0 Å². The van der Waals surface area contributed by atoms with Crippen molar-refractivity contribution in [1.82, 2.24) is 5.32 Å². The summed E-state index contributed by atoms with van der Waals surface area (Å²) in [6, 6.07) is 0.572. The van der Waals surface area contributed by atoms with E-state index in [1.54, 1.807) is 0 Å². The second-order valence-corrected chi connectivity index (χ2v) is 6.14. The molecule has 1 heterocycles. The number of ether oxygens (including phenoxy) is 1. The molecule has 1 aliphatic heterocycles. The second kappa shape index (κ2) is 4.07. The molecule has 0 aliphatic carbocycles. The minimum atomic E-state index is -0.140. The number of aliphatic imine (C=N–C) groups is 2. The van der Waals surface area contributed by atoms with E-state index < -0.39 is 0 Å². The Morgan fingerprint density at radius 3 is 1.94 bits per heavy atom. The van der Waals surface area contributed by atoms with Crippen LogP contribution in [0.4, 0.5) is 0 Å². The highest BCUT2D eigenvalue weighted by molar-refractivity contribution is 6.05. The van der Waals surface area contributed by atoms with E-state index in [2.05, 4.69) is 36.1 Å². The lowest BCUT2D eigenvalue weighted by Crippen LogP contribution is -2.29. The fourth-order valence-corrected chi connectivity index (χ4v) is 1.30. The van der Waals surface area contributed by atoms with E-state index in [9.17, 15) is 0 Å². The van der Waals surface area contributed by atoms with Crippen molar-refractivity contribution in [2.45, 2.75) is 65.6 Å². The number of nitrogens with zero attached hydrogens (tertiary/aromatic N) is 2. The van der Waals surface area contributed by atoms with Gasteiger partial charge in [-0.1, -0.05) is 0 Å². The van der Waals surface area contributed by atoms with Gasteiger partial charge in [0.05, 0.1) is 11.1 Å². The molecule has 92 valence electrons. The number of nitrogens with one attached hydrogen (secondary N) is 1. The average molecular weight is 225 g/mol. The van der Waals surface area contributed by atoms with E-state index in [1.807, 2.05) is 27.7 Å². The maximum atomic E-state index is 5.60. The van der Waals surface area contributed by atoms with Crippen LogP contribution in [0.1, 0.15) is 48.5 Å². The van der Waals surface area contributed by atoms with Gasteiger partial charge in [0.25, 0.3) is 6.02 Å². The van der Waals surface area contributed by atoms with Gasteiger partial charge in [0.1, 0.15) is 5.84 Å². The van der Waals surface area contributed by atoms with Gasteiger partial charge < -0.3 is 4.74 Å². The van der Waals surface area contributed by atoms with Gasteiger partial charge in [-0.25, -0.2) is 4.99 Å². The van der Waals surface area contributed by atoms with E-state index in [4.69, 9.17) is 4.74 Å². The van der Waals surface area contributed by atoms with Crippen molar-refractivity contribution in [3.63, 3.8) is 0 Å². The summed E-state index contributed by atoms with van der Waals surface area (Å²) in [5.74, 6) is 0.857. The van der Waals surface area contributed by atoms with Crippen LogP contribution in [0, 0.1) is 0 Å². The van der Waals surface area contributed by atoms with Crippen LogP contribution in [-0.4, -0.2) is 29.0 Å². The maximum absolute atomic E-state index is 5.60. The second-order valence-electron chi connectivity index (χ2n) is 6.14. The molecular weight excluding hydrogens is 202 g/mol. The van der Waals surface area contributed by atoms with E-state index in [0.29, 0.717) is 6.02 Å². The molecule has 0 radical (unpaired) electrons. The van der Waals surface area contributed by atoms with Crippen molar-refractivity contribution >= 4 is 11.9 Å². The average Bonchev–Trinajstić information content (AvgIpc) is 2.23. The summed E-state index contributed by atoms with van der Waals surface area (Å²) in [5.41, 5.74) is -0.240. The highest BCUT2D eigenvalue weighted by atomic mass is 16.5. The molecule has 0 saturated carbocycles. The number of rotatable bonds is 0. The zero-order chi connectivity index (χ0) is 12.6. The molecule has 1 fully saturated rings. The smallest absolute Gasteiger partial charge is 0.291 e. The summed E-state index contributed by atoms with van der Waals surface area (Å²) < 4.78 is 5.60. The Hall–Kier alpha value is -1.06. The van der Waals surface area contributed by atoms with Crippen LogP contribution in [-0.2, 0) is 4.74 Å². The molecule has 0 aromatic heterocycles. The van der Waals surface area contributed by atoms with E-state index in [-0.39, 0.29) is 17.2 Å². The first-order valence-corrected chi connectivity index (χ1v) is 5.70. The summed E-state index contributed by atoms with van der Waals surface area (Å²) >= 11 is 0. The minimum Gasteiger partial charge on any atom is -0.454 e. The van der Waals surface area contributed by atoms with Crippen molar-refractivity contribution in [3.8, 4) is 0 Å². The SMILES string of the molecule is C[C@H]1OC(=NC(C)(C)C)NC1=NC(C)(C)C. The Bertz CT molecular complexity index is 318. The predicted octanol–water partition coefficient (Wildman–Crippen LogP) is 2.35. The highest BCUT2D eigenvalue weighted by Gasteiger charge is 2.27. The highest BCUT2D eigenvalue weighted by Crippen LogP contribution is 2.14. The molecule has 0 spiro atoms. The summed E-state index contributed by atoms with van der Waals surface area (Å²) in [5, 5.41) is 3.13. The minimum absolute atomic E-state index is 0.0414. The molecule has 0 aromatic carbocycles. The van der Waals surface area contributed by atoms with Crippen molar-refractivity contribution in [3.05, 3.63) is 0 Å². The molecule has 1 saturated heterocycles. The summed E-state index contributed by atoms with van der Waals surface area (Å²) in [6.45, 7) is 14.3. The topological polar surface area (TPSA) is 46.0 Å². The summed E-state index contributed by atoms with van der Waals surface area (Å²) in [4.78, 5) is 9.01. The van der Waals surface area contributed by atoms with Gasteiger partial charge in [-0.15, -0.1) is 0 Å². The first kappa shape index (κ1) is 13.0. The lowest BCUT2D eigenvalue weighted by atomic mass is 10.1. The van der Waals surface area contributed by atoms with Gasteiger partial charge in [0.2, 0.25) is 0 Å². The number of hydrogen-bond donors (Lipinski definition) is 1. The van der Waals surface area contributed by atoms with Crippen LogP contribution in [0.3, 0.4) is 0 Å². The zero-order valence-corrected chi connectivity index (χ0v) is 11.4. The van der Waals surface area contributed by atoms with Crippen molar-refractivity contribution in [2.24, 2.45) is 9.98 Å². The molecule has 0 amide bonds. The van der Waals surface area contributed by atoms with Crippen LogP contribution in [0.25, 0.3) is 0 Å². The van der Waals surface area contributed by atoms with Gasteiger partial charge >= 0.3 is 0 Å². The lowest BCUT2D eigenvalue weighted by Gasteiger charge is -2.13. The first-order chi connectivity index (χ1) is 7.07. The van der Waals surface area contributed by atoms with Crippen molar-refractivity contribution < 1.29 is 4.74 Å². The Morgan fingerprint density at radius 2 is 1.50 bits per heavy atom. The monoisotopic (exact) mass is 225 g/mol. The Labute approximate surface area is 98.2 Å². The fourth-order valence-electron chi connectivity index (χ4n) is 1.30. The third-order valence-electron chi connectivity index (χ3n) is 1.80. The van der Waals surface area contributed by atoms with Gasteiger partial charge in [-0.05, 0) is 48.5 Å². The van der Waals surface area contributed by atoms with Crippen LogP contribution in [0.5, 0.6) is 0 Å². The summed E-state index contributed by atoms with van der Waals surface area (Å²) in [7, 11) is 0. The third-order valence-corrected chi connectivity index (χ3v) is 1.80. The molecule has 0 bridgehead atoms. The van der Waals surface area contributed by atoms with Gasteiger partial charge in [0.15, 0.2) is 6.10 Å². The molecule has 0 unspecified atom stereocenters. The molecule has 1 N–H and O–H groups in total. The van der Waals surface area contributed by atoms with Crippen molar-refractivity contribution in [2.75, 3.05) is 0 Å². The molecule has 1 atom stereocenters. The lowest BCUT2D eigenvalue weighted by molar-refractivity contribution is 0.282. The zero-order valence-electron chi connectivity index (χ0n) is 11.4. The van der Waals surface area contributed by atoms with Gasteiger partial charge in [-0.2, -0.15) is 0 Å². The molecular formula is C12H23N3O. The Kier molecular flexibility index (Phi) is 3.31. The predicted molar refractivity (Wildman–Crippen MR) is 68.1 cm³/mol. The third kappa shape index (κ3) is 4.21. The standard InChI is InChI=1S/C12H23N3O/c1-8-9(14-11(2,3)4)13-10(16-8)15-12(5,6)7/h8H,1-7H3,(H,13,14,15)/t8-/m1/s1. The van der Waals surface area contributed by atoms with Crippen molar-refractivity contribution in [1.29, 1.82) is 0 Å². The first-order valence-electron chi connectivity index (χ1n) is 5.70. The quantitative estimate of drug-likeness (QED) is 0.688. The Morgan fingerprint density at radius 1 is 1.00 bits per heavy atom. The van der Waals surface area contributed by atoms with Gasteiger partial charge in [0, 0.05) is 0 Å². The molecule has 1 aliphatic rings. The normalized spacial score (nSPS) is 27.1. The maximum Gasteiger partial charge on any atom is 0.291 e.